The number of carbonyl (C=O) groups is 1. The van der Waals surface area contributed by atoms with Crippen molar-refractivity contribution < 1.29 is 4.79 Å². The van der Waals surface area contributed by atoms with Crippen LogP contribution in [0.15, 0.2) is 47.0 Å². The van der Waals surface area contributed by atoms with Crippen LogP contribution in [0.4, 0.5) is 0 Å². The summed E-state index contributed by atoms with van der Waals surface area (Å²) in [7, 11) is 0. The zero-order chi connectivity index (χ0) is 16.9. The number of nitrogens with two attached hydrogens (primary N) is 1. The normalized spacial score (nSPS) is 21.8. The fourth-order valence-corrected chi connectivity index (χ4v) is 3.32. The zero-order valence-corrected chi connectivity index (χ0v) is 14.5. The van der Waals surface area contributed by atoms with Crippen LogP contribution in [0.1, 0.15) is 52.0 Å². The van der Waals surface area contributed by atoms with E-state index < -0.39 is 5.54 Å². The number of nitrogens with zero attached hydrogens (tertiary/aromatic N) is 1. The van der Waals surface area contributed by atoms with Crippen molar-refractivity contribution >= 4 is 11.6 Å². The lowest BCUT2D eigenvalue weighted by Crippen LogP contribution is -2.35. The Morgan fingerprint density at radius 1 is 1.22 bits per heavy atom. The van der Waals surface area contributed by atoms with E-state index in [9.17, 15) is 4.79 Å². The second-order valence-corrected chi connectivity index (χ2v) is 7.15. The zero-order valence-electron chi connectivity index (χ0n) is 14.5. The Bertz CT molecular complexity index is 601. The van der Waals surface area contributed by atoms with Crippen molar-refractivity contribution in [3.63, 3.8) is 0 Å². The first-order valence-electron chi connectivity index (χ1n) is 8.51. The van der Waals surface area contributed by atoms with Gasteiger partial charge in [-0.3, -0.25) is 9.79 Å². The summed E-state index contributed by atoms with van der Waals surface area (Å²) in [6.07, 6.45) is 6.08. The van der Waals surface area contributed by atoms with E-state index in [1.54, 1.807) is 0 Å². The smallest absolute Gasteiger partial charge is 0.164 e. The molecule has 0 saturated heterocycles. The average molecular weight is 312 g/mol. The fraction of sp³-hybridized carbons (Fsp3) is 0.500. The van der Waals surface area contributed by atoms with Gasteiger partial charge < -0.3 is 5.73 Å². The number of ketones is 1. The van der Waals surface area contributed by atoms with Crippen LogP contribution in [0.25, 0.3) is 0 Å². The van der Waals surface area contributed by atoms with Gasteiger partial charge in [-0.1, -0.05) is 49.8 Å². The molecular formula is C20H28N2O. The average Bonchev–Trinajstić information content (AvgIpc) is 2.56. The Labute approximate surface area is 139 Å². The number of rotatable bonds is 6. The largest absolute Gasteiger partial charge is 0.384 e. The van der Waals surface area contributed by atoms with E-state index in [2.05, 4.69) is 43.1 Å². The van der Waals surface area contributed by atoms with Gasteiger partial charge in [-0.05, 0) is 50.2 Å². The molecule has 0 saturated carbocycles. The summed E-state index contributed by atoms with van der Waals surface area (Å²) in [6, 6.07) is 10.4. The summed E-state index contributed by atoms with van der Waals surface area (Å²) < 4.78 is 0. The van der Waals surface area contributed by atoms with Crippen LogP contribution >= 0.6 is 0 Å². The fourth-order valence-electron chi connectivity index (χ4n) is 3.32. The first kappa shape index (κ1) is 17.5. The van der Waals surface area contributed by atoms with Gasteiger partial charge in [0, 0.05) is 6.42 Å². The summed E-state index contributed by atoms with van der Waals surface area (Å²) in [4.78, 5) is 17.2. The van der Waals surface area contributed by atoms with Crippen molar-refractivity contribution in [1.82, 2.24) is 0 Å². The molecule has 0 aromatic heterocycles. The van der Waals surface area contributed by atoms with Crippen LogP contribution in [0.3, 0.4) is 0 Å². The second-order valence-electron chi connectivity index (χ2n) is 7.15. The number of aliphatic imine (C=N–C) groups is 1. The maximum atomic E-state index is 12.7. The number of amidine groups is 1. The summed E-state index contributed by atoms with van der Waals surface area (Å²) in [6.45, 7) is 6.15. The van der Waals surface area contributed by atoms with E-state index in [-0.39, 0.29) is 5.78 Å². The highest BCUT2D eigenvalue weighted by molar-refractivity contribution is 6.00. The van der Waals surface area contributed by atoms with Crippen LogP contribution < -0.4 is 5.73 Å². The molecule has 3 heteroatoms. The molecule has 0 fully saturated rings. The highest BCUT2D eigenvalue weighted by atomic mass is 16.1. The molecule has 0 spiro atoms. The topological polar surface area (TPSA) is 55.4 Å². The number of Topliss-reactive ketones (excluding diaryl/α,β-unsaturated/α-hetero) is 1. The van der Waals surface area contributed by atoms with Crippen LogP contribution in [0, 0.1) is 5.92 Å². The number of benzene rings is 1. The molecular weight excluding hydrogens is 284 g/mol. The van der Waals surface area contributed by atoms with Crippen molar-refractivity contribution in [2.75, 3.05) is 0 Å². The van der Waals surface area contributed by atoms with Gasteiger partial charge in [0.2, 0.25) is 0 Å². The van der Waals surface area contributed by atoms with Crippen molar-refractivity contribution in [3.05, 3.63) is 47.5 Å². The van der Waals surface area contributed by atoms with Crippen LogP contribution in [-0.4, -0.2) is 17.2 Å². The Kier molecular flexibility index (Phi) is 5.75. The summed E-state index contributed by atoms with van der Waals surface area (Å²) in [5.74, 6) is 1.10. The third-order valence-corrected chi connectivity index (χ3v) is 4.33. The quantitative estimate of drug-likeness (QED) is 0.861. The lowest BCUT2D eigenvalue weighted by atomic mass is 9.84. The molecule has 1 unspecified atom stereocenters. The Morgan fingerprint density at radius 2 is 1.91 bits per heavy atom. The van der Waals surface area contributed by atoms with Crippen molar-refractivity contribution in [2.24, 2.45) is 16.6 Å². The van der Waals surface area contributed by atoms with E-state index in [4.69, 9.17) is 5.73 Å². The molecule has 3 nitrogen and oxygen atoms in total. The van der Waals surface area contributed by atoms with Crippen molar-refractivity contribution in [2.45, 2.75) is 58.4 Å². The molecule has 1 aromatic rings. The van der Waals surface area contributed by atoms with Gasteiger partial charge in [-0.15, -0.1) is 0 Å². The number of aryl methyl sites for hydroxylation is 1. The predicted octanol–water partition coefficient (Wildman–Crippen LogP) is 4.07. The standard InChI is InChI=1S/C20H28N2O/c1-15(2)14-20(3)18(23)12-17(13-19(21)22-20)11-7-10-16-8-5-4-6-9-16/h4-6,8-9,13,15H,7,10-12,14H2,1-3H3,(H2,21,22). The molecule has 1 aliphatic heterocycles. The van der Waals surface area contributed by atoms with Gasteiger partial charge in [0.05, 0.1) is 0 Å². The maximum Gasteiger partial charge on any atom is 0.164 e. The molecule has 124 valence electrons. The number of allylic oxidation sites excluding steroid dienone is 1. The number of hydrogen-bond donors (Lipinski definition) is 1. The van der Waals surface area contributed by atoms with Crippen molar-refractivity contribution in [3.8, 4) is 0 Å². The van der Waals surface area contributed by atoms with E-state index in [0.29, 0.717) is 18.2 Å². The third kappa shape index (κ3) is 5.05. The molecule has 0 aliphatic carbocycles. The van der Waals surface area contributed by atoms with Crippen LogP contribution in [0.2, 0.25) is 0 Å². The predicted molar refractivity (Wildman–Crippen MR) is 96.6 cm³/mol. The third-order valence-electron chi connectivity index (χ3n) is 4.33. The minimum absolute atomic E-state index is 0.192. The molecule has 0 radical (unpaired) electrons. The van der Waals surface area contributed by atoms with Gasteiger partial charge in [0.25, 0.3) is 0 Å². The Balaban J connectivity index is 1.98. The second kappa shape index (κ2) is 7.58. The number of hydrogen-bond acceptors (Lipinski definition) is 3. The first-order valence-corrected chi connectivity index (χ1v) is 8.51. The highest BCUT2D eigenvalue weighted by Crippen LogP contribution is 2.28. The van der Waals surface area contributed by atoms with E-state index in [1.807, 2.05) is 19.1 Å². The molecule has 1 heterocycles. The molecule has 0 bridgehead atoms. The monoisotopic (exact) mass is 312 g/mol. The van der Waals surface area contributed by atoms with E-state index >= 15 is 0 Å². The van der Waals surface area contributed by atoms with Gasteiger partial charge >= 0.3 is 0 Å². The molecule has 2 N–H and O–H groups in total. The highest BCUT2D eigenvalue weighted by Gasteiger charge is 2.35. The van der Waals surface area contributed by atoms with Gasteiger partial charge in [-0.25, -0.2) is 0 Å². The SMILES string of the molecule is CC(C)CC1(C)N=C(N)C=C(CCCc2ccccc2)CC1=O. The van der Waals surface area contributed by atoms with Gasteiger partial charge in [0.15, 0.2) is 5.78 Å². The van der Waals surface area contributed by atoms with E-state index in [0.717, 1.165) is 31.3 Å². The summed E-state index contributed by atoms with van der Waals surface area (Å²) in [5, 5.41) is 0. The van der Waals surface area contributed by atoms with Gasteiger partial charge in [0.1, 0.15) is 11.4 Å². The molecule has 1 aliphatic rings. The van der Waals surface area contributed by atoms with Gasteiger partial charge in [-0.2, -0.15) is 0 Å². The maximum absolute atomic E-state index is 12.7. The summed E-state index contributed by atoms with van der Waals surface area (Å²) in [5.41, 5.74) is 7.82. The summed E-state index contributed by atoms with van der Waals surface area (Å²) >= 11 is 0. The molecule has 1 atom stereocenters. The van der Waals surface area contributed by atoms with Crippen LogP contribution in [0.5, 0.6) is 0 Å². The minimum Gasteiger partial charge on any atom is -0.384 e. The Morgan fingerprint density at radius 3 is 2.57 bits per heavy atom. The van der Waals surface area contributed by atoms with Crippen LogP contribution in [-0.2, 0) is 11.2 Å². The first-order chi connectivity index (χ1) is 10.9. The molecule has 1 aromatic carbocycles. The lowest BCUT2D eigenvalue weighted by Gasteiger charge is -2.25. The molecule has 2 rings (SSSR count). The molecule has 23 heavy (non-hydrogen) atoms. The van der Waals surface area contributed by atoms with Crippen molar-refractivity contribution in [1.29, 1.82) is 0 Å². The minimum atomic E-state index is -0.671. The number of carbonyl (C=O) groups excluding carboxylic acids is 1. The molecule has 0 amide bonds. The Hall–Kier alpha value is -1.90. The van der Waals surface area contributed by atoms with E-state index in [1.165, 1.54) is 5.56 Å². The lowest BCUT2D eigenvalue weighted by molar-refractivity contribution is -0.123.